The van der Waals surface area contributed by atoms with Gasteiger partial charge >= 0.3 is 5.97 Å². The summed E-state index contributed by atoms with van der Waals surface area (Å²) in [5, 5.41) is 8.67. The van der Waals surface area contributed by atoms with Crippen molar-refractivity contribution >= 4 is 12.2 Å². The lowest BCUT2D eigenvalue weighted by molar-refractivity contribution is -0.132. The van der Waals surface area contributed by atoms with Crippen molar-refractivity contribution in [2.24, 2.45) is 4.99 Å². The smallest absolute Gasteiger partial charge is 0.337 e. The van der Waals surface area contributed by atoms with E-state index in [-0.39, 0.29) is 11.1 Å². The lowest BCUT2D eigenvalue weighted by Crippen LogP contribution is -2.04. The van der Waals surface area contributed by atoms with Crippen molar-refractivity contribution in [2.75, 3.05) is 7.05 Å². The number of carboxylic acids is 1. The van der Waals surface area contributed by atoms with E-state index in [1.807, 2.05) is 0 Å². The van der Waals surface area contributed by atoms with Crippen molar-refractivity contribution in [2.45, 2.75) is 19.8 Å². The molecule has 84 valence electrons. The Kier molecular flexibility index (Phi) is 6.17. The summed E-state index contributed by atoms with van der Waals surface area (Å²) >= 11 is 0. The maximum atomic E-state index is 12.4. The van der Waals surface area contributed by atoms with E-state index in [0.717, 1.165) is 12.3 Å². The van der Waals surface area contributed by atoms with E-state index in [9.17, 15) is 13.6 Å². The molecule has 0 atom stereocenters. The molecule has 0 heterocycles. The van der Waals surface area contributed by atoms with Crippen molar-refractivity contribution in [1.82, 2.24) is 0 Å². The molecule has 0 rings (SSSR count). The first-order valence-corrected chi connectivity index (χ1v) is 4.38. The van der Waals surface area contributed by atoms with Gasteiger partial charge < -0.3 is 5.11 Å². The van der Waals surface area contributed by atoms with Gasteiger partial charge in [-0.15, -0.1) is 0 Å². The van der Waals surface area contributed by atoms with Crippen LogP contribution >= 0.6 is 0 Å². The van der Waals surface area contributed by atoms with E-state index in [0.29, 0.717) is 6.42 Å². The maximum absolute atomic E-state index is 12.4. The van der Waals surface area contributed by atoms with Gasteiger partial charge in [-0.05, 0) is 12.5 Å². The molecular weight excluding hydrogens is 204 g/mol. The summed E-state index contributed by atoms with van der Waals surface area (Å²) in [6.45, 7) is 1.70. The van der Waals surface area contributed by atoms with E-state index < -0.39 is 12.4 Å². The van der Waals surface area contributed by atoms with Crippen molar-refractivity contribution in [3.63, 3.8) is 0 Å². The third-order valence-electron chi connectivity index (χ3n) is 1.53. The average molecular weight is 217 g/mol. The lowest BCUT2D eigenvalue weighted by atomic mass is 10.1. The molecular formula is C10H13F2NO2. The molecule has 0 radical (unpaired) electrons. The van der Waals surface area contributed by atoms with Crippen LogP contribution in [0.5, 0.6) is 0 Å². The first-order chi connectivity index (χ1) is 7.02. The van der Waals surface area contributed by atoms with Gasteiger partial charge in [0.15, 0.2) is 0 Å². The quantitative estimate of drug-likeness (QED) is 0.436. The fraction of sp³-hybridized carbons (Fsp3) is 0.400. The number of halogens is 2. The molecule has 0 aliphatic carbocycles. The summed E-state index contributed by atoms with van der Waals surface area (Å²) < 4.78 is 24.8. The van der Waals surface area contributed by atoms with Crippen molar-refractivity contribution in [3.8, 4) is 0 Å². The van der Waals surface area contributed by atoms with Crippen LogP contribution in [-0.4, -0.2) is 30.8 Å². The lowest BCUT2D eigenvalue weighted by Gasteiger charge is -2.01. The van der Waals surface area contributed by atoms with Gasteiger partial charge in [-0.2, -0.15) is 0 Å². The standard InChI is InChI=1S/C10H13F2NO2/c1-3-4-7(9(11)12)5-8(6-13-2)10(14)15/h4-6,9H,3H2,1-2H3,(H,14,15)/b7-4-,8-5+,13-6?. The molecule has 3 nitrogen and oxygen atoms in total. The molecule has 0 amide bonds. The van der Waals surface area contributed by atoms with E-state index in [1.54, 1.807) is 6.92 Å². The second kappa shape index (κ2) is 6.86. The van der Waals surface area contributed by atoms with Crippen LogP contribution in [0.3, 0.4) is 0 Å². The molecule has 0 saturated carbocycles. The Bertz CT molecular complexity index is 307. The first kappa shape index (κ1) is 13.5. The number of hydrogen-bond donors (Lipinski definition) is 1. The number of allylic oxidation sites excluding steroid dienone is 3. The normalized spacial score (nSPS) is 13.9. The molecule has 0 spiro atoms. The average Bonchev–Trinajstić information content (AvgIpc) is 2.15. The van der Waals surface area contributed by atoms with Crippen LogP contribution in [0.15, 0.2) is 28.3 Å². The number of carbonyl (C=O) groups is 1. The van der Waals surface area contributed by atoms with Gasteiger partial charge in [0.2, 0.25) is 0 Å². The number of rotatable bonds is 5. The van der Waals surface area contributed by atoms with Crippen LogP contribution in [0.4, 0.5) is 8.78 Å². The van der Waals surface area contributed by atoms with Gasteiger partial charge in [0.25, 0.3) is 6.43 Å². The highest BCUT2D eigenvalue weighted by atomic mass is 19.3. The number of alkyl halides is 2. The highest BCUT2D eigenvalue weighted by molar-refractivity contribution is 6.08. The van der Waals surface area contributed by atoms with Gasteiger partial charge in [0, 0.05) is 18.8 Å². The minimum atomic E-state index is -2.68. The summed E-state index contributed by atoms with van der Waals surface area (Å²) in [7, 11) is 1.38. The van der Waals surface area contributed by atoms with Crippen LogP contribution in [0, 0.1) is 0 Å². The second-order valence-corrected chi connectivity index (χ2v) is 2.71. The van der Waals surface area contributed by atoms with Crippen LogP contribution in [-0.2, 0) is 4.79 Å². The Hall–Kier alpha value is -1.52. The molecule has 15 heavy (non-hydrogen) atoms. The van der Waals surface area contributed by atoms with Crippen LogP contribution < -0.4 is 0 Å². The Morgan fingerprint density at radius 3 is 2.47 bits per heavy atom. The predicted octanol–water partition coefficient (Wildman–Crippen LogP) is 2.30. The largest absolute Gasteiger partial charge is 0.478 e. The summed E-state index contributed by atoms with van der Waals surface area (Å²) in [6, 6.07) is 0. The van der Waals surface area contributed by atoms with Crippen LogP contribution in [0.25, 0.3) is 0 Å². The third-order valence-corrected chi connectivity index (χ3v) is 1.53. The van der Waals surface area contributed by atoms with Gasteiger partial charge in [0.05, 0.1) is 5.57 Å². The van der Waals surface area contributed by atoms with Crippen molar-refractivity contribution in [1.29, 1.82) is 0 Å². The zero-order valence-electron chi connectivity index (χ0n) is 8.58. The number of aliphatic imine (C=N–C) groups is 1. The zero-order valence-corrected chi connectivity index (χ0v) is 8.58. The molecule has 0 aliphatic rings. The number of aliphatic carboxylic acids is 1. The second-order valence-electron chi connectivity index (χ2n) is 2.71. The highest BCUT2D eigenvalue weighted by Crippen LogP contribution is 2.13. The molecule has 0 aliphatic heterocycles. The Morgan fingerprint density at radius 1 is 1.53 bits per heavy atom. The minimum Gasteiger partial charge on any atom is -0.478 e. The van der Waals surface area contributed by atoms with Gasteiger partial charge in [0.1, 0.15) is 0 Å². The Morgan fingerprint density at radius 2 is 2.13 bits per heavy atom. The predicted molar refractivity (Wildman–Crippen MR) is 54.5 cm³/mol. The molecule has 0 fully saturated rings. The zero-order chi connectivity index (χ0) is 11.8. The third kappa shape index (κ3) is 5.05. The summed E-state index contributed by atoms with van der Waals surface area (Å²) in [4.78, 5) is 14.1. The van der Waals surface area contributed by atoms with Crippen LogP contribution in [0.1, 0.15) is 13.3 Å². The summed E-state index contributed by atoms with van der Waals surface area (Å²) in [5.41, 5.74) is -0.549. The fourth-order valence-corrected chi connectivity index (χ4v) is 0.920. The number of carboxylic acid groups (broad SMARTS) is 1. The number of nitrogens with zero attached hydrogens (tertiary/aromatic N) is 1. The first-order valence-electron chi connectivity index (χ1n) is 4.38. The fourth-order valence-electron chi connectivity index (χ4n) is 0.920. The Labute approximate surface area is 86.8 Å². The van der Waals surface area contributed by atoms with Gasteiger partial charge in [-0.3, -0.25) is 4.99 Å². The minimum absolute atomic E-state index is 0.252. The molecule has 0 unspecified atom stereocenters. The molecule has 0 bridgehead atoms. The molecule has 1 N–H and O–H groups in total. The number of hydrogen-bond acceptors (Lipinski definition) is 2. The van der Waals surface area contributed by atoms with E-state index in [4.69, 9.17) is 5.11 Å². The monoisotopic (exact) mass is 217 g/mol. The van der Waals surface area contributed by atoms with Crippen molar-refractivity contribution < 1.29 is 18.7 Å². The summed E-state index contributed by atoms with van der Waals surface area (Å²) in [6.07, 6.45) is 1.01. The Balaban J connectivity index is 5.08. The van der Waals surface area contributed by atoms with Gasteiger partial charge in [-0.1, -0.05) is 13.0 Å². The molecule has 0 aromatic rings. The van der Waals surface area contributed by atoms with Crippen LogP contribution in [0.2, 0.25) is 0 Å². The molecule has 0 aromatic heterocycles. The van der Waals surface area contributed by atoms with E-state index >= 15 is 0 Å². The van der Waals surface area contributed by atoms with E-state index in [1.165, 1.54) is 13.1 Å². The molecule has 5 heteroatoms. The van der Waals surface area contributed by atoms with E-state index in [2.05, 4.69) is 4.99 Å². The highest BCUT2D eigenvalue weighted by Gasteiger charge is 2.11. The van der Waals surface area contributed by atoms with Crippen molar-refractivity contribution in [3.05, 3.63) is 23.3 Å². The topological polar surface area (TPSA) is 49.7 Å². The van der Waals surface area contributed by atoms with Gasteiger partial charge in [-0.25, -0.2) is 13.6 Å². The summed E-state index contributed by atoms with van der Waals surface area (Å²) in [5.74, 6) is -1.27. The molecule has 0 saturated heterocycles. The molecule has 0 aromatic carbocycles. The SMILES string of the molecule is CC/C=C(/C=C(\C=NC)C(=O)O)C(F)F. The maximum Gasteiger partial charge on any atom is 0.337 e.